The minimum Gasteiger partial charge on any atom is -0.390 e. The average molecular weight is 366 g/mol. The zero-order valence-corrected chi connectivity index (χ0v) is 15.3. The van der Waals surface area contributed by atoms with Gasteiger partial charge in [-0.2, -0.15) is 10.1 Å². The van der Waals surface area contributed by atoms with Gasteiger partial charge in [0.05, 0.1) is 11.3 Å². The molecule has 0 bridgehead atoms. The zero-order chi connectivity index (χ0) is 19.0. The van der Waals surface area contributed by atoms with Gasteiger partial charge in [-0.05, 0) is 44.4 Å². The number of aromatic nitrogens is 6. The Balaban J connectivity index is 0.000000257. The number of nitrogen functional groups attached to an aromatic ring is 1. The fourth-order valence-corrected chi connectivity index (χ4v) is 3.07. The molecule has 5 rings (SSSR count). The molecule has 0 atom stereocenters. The number of hydrogen-bond donors (Lipinski definition) is 3. The molecule has 1 aliphatic rings. The molecule has 1 fully saturated rings. The second-order valence-electron chi connectivity index (χ2n) is 6.89. The van der Waals surface area contributed by atoms with Crippen molar-refractivity contribution in [1.82, 2.24) is 29.2 Å². The number of anilines is 2. The third-order valence-corrected chi connectivity index (χ3v) is 4.73. The predicted octanol–water partition coefficient (Wildman–Crippen LogP) is 1.98. The Labute approximate surface area is 155 Å². The van der Waals surface area contributed by atoms with Crippen LogP contribution in [0.15, 0.2) is 36.8 Å². The molecule has 4 heterocycles. The SMILES string of the molecule is CC1(O)CCC1.CNc1nc(N)nn2ccc(-c3ccc4nccn4n3)c12. The minimum atomic E-state index is -0.278. The average Bonchev–Trinajstić information content (AvgIpc) is 3.26. The van der Waals surface area contributed by atoms with E-state index in [1.165, 1.54) is 6.42 Å². The number of rotatable bonds is 2. The Hall–Kier alpha value is -3.20. The lowest BCUT2D eigenvalue weighted by Crippen LogP contribution is -2.32. The summed E-state index contributed by atoms with van der Waals surface area (Å²) >= 11 is 0. The van der Waals surface area contributed by atoms with Crippen LogP contribution in [-0.4, -0.2) is 47.0 Å². The van der Waals surface area contributed by atoms with Crippen molar-refractivity contribution in [2.75, 3.05) is 18.1 Å². The molecular formula is C18H22N8O. The van der Waals surface area contributed by atoms with E-state index in [4.69, 9.17) is 10.8 Å². The lowest BCUT2D eigenvalue weighted by Gasteiger charge is -2.31. The minimum absolute atomic E-state index is 0.215. The van der Waals surface area contributed by atoms with Crippen LogP contribution in [0, 0.1) is 0 Å². The van der Waals surface area contributed by atoms with E-state index in [-0.39, 0.29) is 11.5 Å². The zero-order valence-electron chi connectivity index (χ0n) is 15.3. The monoisotopic (exact) mass is 366 g/mol. The van der Waals surface area contributed by atoms with Gasteiger partial charge in [0, 0.05) is 31.2 Å². The molecule has 27 heavy (non-hydrogen) atoms. The molecule has 0 aliphatic heterocycles. The van der Waals surface area contributed by atoms with Gasteiger partial charge in [0.1, 0.15) is 5.52 Å². The largest absolute Gasteiger partial charge is 0.390 e. The van der Waals surface area contributed by atoms with Crippen molar-refractivity contribution in [1.29, 1.82) is 0 Å². The molecular weight excluding hydrogens is 344 g/mol. The van der Waals surface area contributed by atoms with Crippen molar-refractivity contribution >= 4 is 22.9 Å². The van der Waals surface area contributed by atoms with Gasteiger partial charge < -0.3 is 16.2 Å². The summed E-state index contributed by atoms with van der Waals surface area (Å²) in [5.74, 6) is 0.877. The highest BCUT2D eigenvalue weighted by atomic mass is 16.3. The number of fused-ring (bicyclic) bond motifs is 2. The number of imidazole rings is 1. The van der Waals surface area contributed by atoms with Gasteiger partial charge in [-0.25, -0.2) is 14.0 Å². The quantitative estimate of drug-likeness (QED) is 0.496. The molecule has 4 aromatic rings. The number of nitrogens with one attached hydrogen (secondary N) is 1. The first-order valence-electron chi connectivity index (χ1n) is 8.83. The van der Waals surface area contributed by atoms with Gasteiger partial charge in [0.2, 0.25) is 5.95 Å². The molecule has 140 valence electrons. The van der Waals surface area contributed by atoms with Crippen molar-refractivity contribution in [3.8, 4) is 11.3 Å². The predicted molar refractivity (Wildman–Crippen MR) is 103 cm³/mol. The third kappa shape index (κ3) is 3.28. The summed E-state index contributed by atoms with van der Waals surface area (Å²) < 4.78 is 3.43. The van der Waals surface area contributed by atoms with Crippen LogP contribution in [-0.2, 0) is 0 Å². The molecule has 0 amide bonds. The van der Waals surface area contributed by atoms with Crippen molar-refractivity contribution in [3.63, 3.8) is 0 Å². The maximum atomic E-state index is 8.91. The second-order valence-corrected chi connectivity index (χ2v) is 6.89. The van der Waals surface area contributed by atoms with Gasteiger partial charge in [-0.1, -0.05) is 0 Å². The Bertz CT molecular complexity index is 1090. The van der Waals surface area contributed by atoms with E-state index in [1.807, 2.05) is 37.5 Å². The number of nitrogens with two attached hydrogens (primary N) is 1. The Morgan fingerprint density at radius 3 is 2.59 bits per heavy atom. The fourth-order valence-electron chi connectivity index (χ4n) is 3.07. The van der Waals surface area contributed by atoms with Crippen molar-refractivity contribution in [2.24, 2.45) is 0 Å². The van der Waals surface area contributed by atoms with Crippen LogP contribution < -0.4 is 11.1 Å². The van der Waals surface area contributed by atoms with Crippen molar-refractivity contribution in [2.45, 2.75) is 31.8 Å². The first kappa shape index (κ1) is 17.2. The molecule has 4 N–H and O–H groups in total. The molecule has 9 nitrogen and oxygen atoms in total. The standard InChI is InChI=1S/C13H12N8.C5H10O/c1-15-12-11-8(4-6-21(11)19-13(14)17-12)9-2-3-10-16-5-7-20(10)18-9;1-5(6)3-2-4-5/h2-7H,1H3,(H3,14,15,17,19);6H,2-4H2,1H3. The van der Waals surface area contributed by atoms with Gasteiger partial charge in [-0.15, -0.1) is 5.10 Å². The molecule has 1 aliphatic carbocycles. The van der Waals surface area contributed by atoms with Crippen molar-refractivity contribution in [3.05, 3.63) is 36.8 Å². The summed E-state index contributed by atoms with van der Waals surface area (Å²) in [6.07, 6.45) is 8.59. The summed E-state index contributed by atoms with van der Waals surface area (Å²) in [6, 6.07) is 5.78. The number of nitrogens with zero attached hydrogens (tertiary/aromatic N) is 6. The molecule has 4 aromatic heterocycles. The van der Waals surface area contributed by atoms with Crippen molar-refractivity contribution < 1.29 is 5.11 Å². The first-order chi connectivity index (χ1) is 13.0. The lowest BCUT2D eigenvalue weighted by molar-refractivity contribution is -0.0147. The fraction of sp³-hybridized carbons (Fsp3) is 0.333. The normalized spacial score (nSPS) is 15.2. The van der Waals surface area contributed by atoms with Crippen LogP contribution in [0.1, 0.15) is 26.2 Å². The number of aliphatic hydroxyl groups is 1. The molecule has 0 radical (unpaired) electrons. The molecule has 1 saturated carbocycles. The first-order valence-corrected chi connectivity index (χ1v) is 8.83. The van der Waals surface area contributed by atoms with Crippen LogP contribution >= 0.6 is 0 Å². The molecule has 0 saturated heterocycles. The van der Waals surface area contributed by atoms with Gasteiger partial charge in [-0.3, -0.25) is 0 Å². The van der Waals surface area contributed by atoms with Crippen LogP contribution in [0.2, 0.25) is 0 Å². The lowest BCUT2D eigenvalue weighted by atomic mass is 9.82. The highest BCUT2D eigenvalue weighted by molar-refractivity contribution is 5.87. The van der Waals surface area contributed by atoms with E-state index >= 15 is 0 Å². The molecule has 0 unspecified atom stereocenters. The smallest absolute Gasteiger partial charge is 0.240 e. The van der Waals surface area contributed by atoms with Gasteiger partial charge in [0.25, 0.3) is 0 Å². The topological polar surface area (TPSA) is 119 Å². The summed E-state index contributed by atoms with van der Waals surface area (Å²) in [7, 11) is 1.80. The highest BCUT2D eigenvalue weighted by Gasteiger charge is 2.27. The maximum absolute atomic E-state index is 8.91. The maximum Gasteiger partial charge on any atom is 0.240 e. The van der Waals surface area contributed by atoms with E-state index in [0.717, 1.165) is 35.3 Å². The Kier molecular flexibility index (Phi) is 4.15. The molecule has 0 aromatic carbocycles. The van der Waals surface area contributed by atoms with E-state index in [9.17, 15) is 0 Å². The van der Waals surface area contributed by atoms with Gasteiger partial charge in [0.15, 0.2) is 11.5 Å². The second kappa shape index (κ2) is 6.51. The van der Waals surface area contributed by atoms with Crippen LogP contribution in [0.25, 0.3) is 22.4 Å². The van der Waals surface area contributed by atoms with E-state index in [1.54, 1.807) is 22.3 Å². The van der Waals surface area contributed by atoms with Crippen LogP contribution in [0.3, 0.4) is 0 Å². The van der Waals surface area contributed by atoms with Gasteiger partial charge >= 0.3 is 0 Å². The Morgan fingerprint density at radius 1 is 1.15 bits per heavy atom. The molecule has 9 heteroatoms. The Morgan fingerprint density at radius 2 is 1.93 bits per heavy atom. The third-order valence-electron chi connectivity index (χ3n) is 4.73. The van der Waals surface area contributed by atoms with Crippen LogP contribution in [0.5, 0.6) is 0 Å². The summed E-state index contributed by atoms with van der Waals surface area (Å²) in [6.45, 7) is 1.89. The summed E-state index contributed by atoms with van der Waals surface area (Å²) in [4.78, 5) is 8.41. The highest BCUT2D eigenvalue weighted by Crippen LogP contribution is 2.30. The molecule has 0 spiro atoms. The summed E-state index contributed by atoms with van der Waals surface area (Å²) in [5.41, 5.74) is 8.79. The van der Waals surface area contributed by atoms with E-state index in [2.05, 4.69) is 25.5 Å². The van der Waals surface area contributed by atoms with Crippen LogP contribution in [0.4, 0.5) is 11.8 Å². The van der Waals surface area contributed by atoms with E-state index in [0.29, 0.717) is 5.82 Å². The summed E-state index contributed by atoms with van der Waals surface area (Å²) in [5, 5.41) is 20.7. The van der Waals surface area contributed by atoms with E-state index < -0.39 is 0 Å². The number of hydrogen-bond acceptors (Lipinski definition) is 7.